The number of rotatable bonds is 5. The Bertz CT molecular complexity index is 1020. The first-order valence-electron chi connectivity index (χ1n) is 12.0. The zero-order valence-electron chi connectivity index (χ0n) is 22.2. The van der Waals surface area contributed by atoms with Crippen molar-refractivity contribution in [3.63, 3.8) is 0 Å². The van der Waals surface area contributed by atoms with Crippen molar-refractivity contribution in [2.24, 2.45) is 0 Å². The normalized spacial score (nSPS) is 13.6. The first-order chi connectivity index (χ1) is 15.7. The van der Waals surface area contributed by atoms with Crippen LogP contribution in [-0.2, 0) is 19.1 Å². The monoisotopic (exact) mass is 583 g/mol. The van der Waals surface area contributed by atoms with Crippen molar-refractivity contribution in [2.75, 3.05) is 0 Å². The van der Waals surface area contributed by atoms with Crippen molar-refractivity contribution in [2.45, 2.75) is 78.6 Å². The van der Waals surface area contributed by atoms with Gasteiger partial charge in [0, 0.05) is 0 Å². The van der Waals surface area contributed by atoms with E-state index in [9.17, 15) is 4.89 Å². The molecule has 0 radical (unpaired) electrons. The van der Waals surface area contributed by atoms with Crippen LogP contribution in [0.3, 0.4) is 0 Å². The summed E-state index contributed by atoms with van der Waals surface area (Å²) in [5.74, 6) is 0. The average Bonchev–Trinajstić information content (AvgIpc) is 2.75. The van der Waals surface area contributed by atoms with Crippen molar-refractivity contribution in [1.82, 2.24) is 0 Å². The molecule has 1 atom stereocenters. The summed E-state index contributed by atoms with van der Waals surface area (Å²) in [6.07, 6.45) is 0. The first kappa shape index (κ1) is 27.4. The van der Waals surface area contributed by atoms with Gasteiger partial charge in [-0.1, -0.05) is 0 Å². The Morgan fingerprint density at radius 1 is 0.618 bits per heavy atom. The maximum absolute atomic E-state index is 11.9. The molecule has 182 valence electrons. The summed E-state index contributed by atoms with van der Waals surface area (Å²) < 4.78 is 9.29. The van der Waals surface area contributed by atoms with E-state index in [2.05, 4.69) is 123 Å². The van der Waals surface area contributed by atoms with Gasteiger partial charge in [0.2, 0.25) is 0 Å². The van der Waals surface area contributed by atoms with Gasteiger partial charge in [0.25, 0.3) is 0 Å². The molecular weight excluding hydrogens is 542 g/mol. The quantitative estimate of drug-likeness (QED) is 0.282. The SMILES string of the molecule is CC(C)(C)c1cc(C(C)(C)C)c(P(O)[O][Sn-]([c]2ccccc2)[c]2ccccc2)c(C(C)(C)C)c1. The van der Waals surface area contributed by atoms with Crippen LogP contribution in [-0.4, -0.2) is 25.1 Å². The molecule has 0 aliphatic rings. The average molecular weight is 582 g/mol. The molecule has 0 saturated heterocycles. The fraction of sp³-hybridized carbons (Fsp3) is 0.400. The van der Waals surface area contributed by atoms with Gasteiger partial charge in [-0.25, -0.2) is 0 Å². The molecule has 0 spiro atoms. The van der Waals surface area contributed by atoms with Gasteiger partial charge < -0.3 is 0 Å². The van der Waals surface area contributed by atoms with E-state index in [4.69, 9.17) is 2.86 Å². The van der Waals surface area contributed by atoms with Crippen molar-refractivity contribution >= 4 is 41.0 Å². The van der Waals surface area contributed by atoms with Crippen LogP contribution in [0.25, 0.3) is 0 Å². The molecule has 0 aliphatic heterocycles. The van der Waals surface area contributed by atoms with Gasteiger partial charge in [-0.2, -0.15) is 0 Å². The number of hydrogen-bond acceptors (Lipinski definition) is 2. The van der Waals surface area contributed by atoms with Crippen molar-refractivity contribution in [3.8, 4) is 0 Å². The summed E-state index contributed by atoms with van der Waals surface area (Å²) in [4.78, 5) is 11.9. The number of hydrogen-bond donors (Lipinski definition) is 1. The molecule has 0 bridgehead atoms. The van der Waals surface area contributed by atoms with Gasteiger partial charge in [-0.15, -0.1) is 0 Å². The Hall–Kier alpha value is -1.19. The topological polar surface area (TPSA) is 29.5 Å². The molecule has 1 N–H and O–H groups in total. The fourth-order valence-corrected chi connectivity index (χ4v) is 13.5. The molecule has 34 heavy (non-hydrogen) atoms. The molecule has 0 saturated carbocycles. The van der Waals surface area contributed by atoms with E-state index < -0.39 is 28.5 Å². The summed E-state index contributed by atoms with van der Waals surface area (Å²) >= 11 is -2.82. The Labute approximate surface area is 216 Å². The Morgan fingerprint density at radius 2 is 1.00 bits per heavy atom. The van der Waals surface area contributed by atoms with Gasteiger partial charge in [0.05, 0.1) is 0 Å². The maximum atomic E-state index is 11.9. The van der Waals surface area contributed by atoms with Crippen LogP contribution < -0.4 is 12.5 Å². The zero-order chi connectivity index (χ0) is 25.3. The van der Waals surface area contributed by atoms with Crippen molar-refractivity contribution in [3.05, 3.63) is 89.5 Å². The van der Waals surface area contributed by atoms with Gasteiger partial charge in [0.15, 0.2) is 0 Å². The third kappa shape index (κ3) is 6.52. The van der Waals surface area contributed by atoms with E-state index >= 15 is 0 Å². The van der Waals surface area contributed by atoms with E-state index in [1.54, 1.807) is 0 Å². The second-order valence-electron chi connectivity index (χ2n) is 12.1. The summed E-state index contributed by atoms with van der Waals surface area (Å²) in [5.41, 5.74) is 3.48. The van der Waals surface area contributed by atoms with Crippen molar-refractivity contribution < 1.29 is 7.75 Å². The van der Waals surface area contributed by atoms with E-state index in [0.29, 0.717) is 0 Å². The van der Waals surface area contributed by atoms with Gasteiger partial charge in [-0.05, 0) is 0 Å². The Morgan fingerprint density at radius 3 is 1.32 bits per heavy atom. The second-order valence-corrected chi connectivity index (χ2v) is 20.0. The molecule has 3 aromatic rings. The third-order valence-electron chi connectivity index (χ3n) is 6.03. The minimum absolute atomic E-state index is 0.0204. The van der Waals surface area contributed by atoms with Crippen molar-refractivity contribution in [1.29, 1.82) is 0 Å². The van der Waals surface area contributed by atoms with E-state index in [1.165, 1.54) is 23.8 Å². The zero-order valence-corrected chi connectivity index (χ0v) is 26.0. The molecule has 3 aromatic carbocycles. The predicted octanol–water partition coefficient (Wildman–Crippen LogP) is 6.33. The van der Waals surface area contributed by atoms with Crippen LogP contribution in [0.2, 0.25) is 0 Å². The second kappa shape index (κ2) is 10.4. The molecular formula is C30H40O2PSn-. The molecule has 2 nitrogen and oxygen atoms in total. The third-order valence-corrected chi connectivity index (χ3v) is 15.2. The summed E-state index contributed by atoms with van der Waals surface area (Å²) in [6, 6.07) is 25.6. The van der Waals surface area contributed by atoms with E-state index in [1.807, 2.05) is 12.1 Å². The first-order valence-corrected chi connectivity index (χ1v) is 17.3. The van der Waals surface area contributed by atoms with Crippen LogP contribution in [0, 0.1) is 0 Å². The molecule has 3 rings (SSSR count). The van der Waals surface area contributed by atoms with Crippen LogP contribution in [0.5, 0.6) is 0 Å². The fourth-order valence-electron chi connectivity index (χ4n) is 4.00. The molecule has 0 aliphatic carbocycles. The van der Waals surface area contributed by atoms with Gasteiger partial charge in [0.1, 0.15) is 0 Å². The molecule has 0 fully saturated rings. The minimum atomic E-state index is -2.82. The molecule has 0 aromatic heterocycles. The standard InChI is InChI=1S/C18H30O2P.2C6H5.Sn/c1-16(2,3)12-10-13(17(4,5)6)15(21(19)20)14(11-12)18(7,8)9;2*1-2-4-6-5-3-1;/h10-11,19H,1-9H3;2*1-5H;/q-1;;;. The van der Waals surface area contributed by atoms with Crippen LogP contribution in [0.1, 0.15) is 79.0 Å². The Balaban J connectivity index is 2.20. The predicted molar refractivity (Wildman–Crippen MR) is 150 cm³/mol. The summed E-state index contributed by atoms with van der Waals surface area (Å²) in [6.45, 7) is 20.2. The van der Waals surface area contributed by atoms with Crippen LogP contribution in [0.15, 0.2) is 72.8 Å². The van der Waals surface area contributed by atoms with Gasteiger partial charge in [-0.3, -0.25) is 0 Å². The van der Waals surface area contributed by atoms with Gasteiger partial charge >= 0.3 is 217 Å². The summed E-state index contributed by atoms with van der Waals surface area (Å²) in [7, 11) is -1.79. The molecule has 0 amide bonds. The molecule has 1 unspecified atom stereocenters. The molecule has 4 heteroatoms. The Kier molecular flexibility index (Phi) is 8.40. The van der Waals surface area contributed by atoms with Crippen LogP contribution >= 0.6 is 8.38 Å². The molecule has 0 heterocycles. The van der Waals surface area contributed by atoms with Crippen LogP contribution in [0.4, 0.5) is 0 Å². The summed E-state index contributed by atoms with van der Waals surface area (Å²) in [5, 5.41) is 1.01. The number of benzene rings is 3. The van der Waals surface area contributed by atoms with E-state index in [0.717, 1.165) is 5.30 Å². The van der Waals surface area contributed by atoms with E-state index in [-0.39, 0.29) is 16.2 Å².